The molecule has 2 heterocycles. The molecule has 0 aromatic heterocycles. The van der Waals surface area contributed by atoms with E-state index in [1.807, 2.05) is 6.07 Å². The summed E-state index contributed by atoms with van der Waals surface area (Å²) in [5.74, 6) is -0.167. The molecule has 1 fully saturated rings. The first-order valence-corrected chi connectivity index (χ1v) is 5.87. The van der Waals surface area contributed by atoms with Crippen molar-refractivity contribution >= 4 is 29.1 Å². The number of fused-ring (bicyclic) bond motifs is 3. The van der Waals surface area contributed by atoms with Crippen LogP contribution in [0.5, 0.6) is 0 Å². The zero-order valence-electron chi connectivity index (χ0n) is 9.24. The van der Waals surface area contributed by atoms with E-state index in [1.165, 1.54) is 0 Å². The average Bonchev–Trinajstić information content (AvgIpc) is 2.65. The number of carbonyl (C=O) groups excluding carboxylic acids is 2. The van der Waals surface area contributed by atoms with E-state index in [0.29, 0.717) is 11.4 Å². The van der Waals surface area contributed by atoms with Gasteiger partial charge in [-0.25, -0.2) is 0 Å². The molecule has 0 radical (unpaired) electrons. The van der Waals surface area contributed by atoms with Gasteiger partial charge in [0.25, 0.3) is 0 Å². The van der Waals surface area contributed by atoms with Crippen LogP contribution in [0.3, 0.4) is 0 Å². The van der Waals surface area contributed by atoms with E-state index in [1.54, 1.807) is 24.0 Å². The van der Waals surface area contributed by atoms with Crippen molar-refractivity contribution in [3.8, 4) is 0 Å². The van der Waals surface area contributed by atoms with Gasteiger partial charge in [0.2, 0.25) is 11.8 Å². The Labute approximate surface area is 104 Å². The van der Waals surface area contributed by atoms with Crippen molar-refractivity contribution in [1.82, 2.24) is 5.32 Å². The van der Waals surface area contributed by atoms with Gasteiger partial charge in [-0.15, -0.1) is 0 Å². The molecule has 1 N–H and O–H groups in total. The van der Waals surface area contributed by atoms with Crippen molar-refractivity contribution in [1.29, 1.82) is 0 Å². The van der Waals surface area contributed by atoms with Crippen molar-refractivity contribution < 1.29 is 9.59 Å². The molecule has 0 spiro atoms. The molecule has 1 aromatic carbocycles. The maximum atomic E-state index is 12.1. The topological polar surface area (TPSA) is 49.4 Å². The van der Waals surface area contributed by atoms with Gasteiger partial charge in [0.1, 0.15) is 12.1 Å². The van der Waals surface area contributed by atoms with Gasteiger partial charge in [-0.3, -0.25) is 14.5 Å². The minimum absolute atomic E-state index is 0.0735. The van der Waals surface area contributed by atoms with Crippen LogP contribution < -0.4 is 10.2 Å². The summed E-state index contributed by atoms with van der Waals surface area (Å²) in [5.41, 5.74) is 1.77. The van der Waals surface area contributed by atoms with Crippen molar-refractivity contribution in [2.24, 2.45) is 0 Å². The first-order valence-electron chi connectivity index (χ1n) is 5.50. The van der Waals surface area contributed by atoms with Gasteiger partial charge >= 0.3 is 0 Å². The van der Waals surface area contributed by atoms with Crippen molar-refractivity contribution in [2.45, 2.75) is 25.4 Å². The quantitative estimate of drug-likeness (QED) is 0.750. The molecule has 2 amide bonds. The highest BCUT2D eigenvalue weighted by atomic mass is 35.5. The molecule has 1 saturated heterocycles. The van der Waals surface area contributed by atoms with Gasteiger partial charge in [0.05, 0.1) is 0 Å². The first kappa shape index (κ1) is 10.6. The number of benzene rings is 1. The number of hydrogen-bond acceptors (Lipinski definition) is 2. The summed E-state index contributed by atoms with van der Waals surface area (Å²) in [7, 11) is 0. The predicted octanol–water partition coefficient (Wildman–Crippen LogP) is 1.12. The standard InChI is InChI=1S/C12H11ClN2O2/c1-6-12(17)15-9-5-8(13)3-2-7(9)4-10(15)11(16)14-6/h2-3,5-6,10H,4H2,1H3,(H,14,16)/t6-,10+/m0/s1. The van der Waals surface area contributed by atoms with Crippen molar-refractivity contribution in [2.75, 3.05) is 4.90 Å². The second-order valence-corrected chi connectivity index (χ2v) is 4.87. The minimum Gasteiger partial charge on any atom is -0.343 e. The van der Waals surface area contributed by atoms with E-state index in [0.717, 1.165) is 11.3 Å². The molecule has 17 heavy (non-hydrogen) atoms. The summed E-state index contributed by atoms with van der Waals surface area (Å²) >= 11 is 5.94. The lowest BCUT2D eigenvalue weighted by Crippen LogP contribution is -2.61. The SMILES string of the molecule is C[C@@H]1NC(=O)[C@H]2Cc3ccc(Cl)cc3N2C1=O. The van der Waals surface area contributed by atoms with Crippen LogP contribution in [0, 0.1) is 0 Å². The second kappa shape index (κ2) is 3.47. The third-order valence-electron chi connectivity index (χ3n) is 3.30. The first-order chi connectivity index (χ1) is 8.08. The van der Waals surface area contributed by atoms with Gasteiger partial charge < -0.3 is 5.32 Å². The fraction of sp³-hybridized carbons (Fsp3) is 0.333. The van der Waals surface area contributed by atoms with Crippen LogP contribution in [0.1, 0.15) is 12.5 Å². The zero-order valence-corrected chi connectivity index (χ0v) is 9.99. The summed E-state index contributed by atoms with van der Waals surface area (Å²) in [4.78, 5) is 25.5. The van der Waals surface area contributed by atoms with Crippen LogP contribution in [0.4, 0.5) is 5.69 Å². The monoisotopic (exact) mass is 250 g/mol. The fourth-order valence-corrected chi connectivity index (χ4v) is 2.63. The molecule has 2 aliphatic heterocycles. The molecule has 0 aliphatic carbocycles. The van der Waals surface area contributed by atoms with E-state index < -0.39 is 12.1 Å². The summed E-state index contributed by atoms with van der Waals surface area (Å²) in [6, 6.07) is 4.53. The van der Waals surface area contributed by atoms with Gasteiger partial charge in [0, 0.05) is 17.1 Å². The summed E-state index contributed by atoms with van der Waals surface area (Å²) in [6.07, 6.45) is 0.566. The van der Waals surface area contributed by atoms with E-state index in [-0.39, 0.29) is 11.8 Å². The lowest BCUT2D eigenvalue weighted by Gasteiger charge is -2.33. The third-order valence-corrected chi connectivity index (χ3v) is 3.54. The van der Waals surface area contributed by atoms with E-state index in [2.05, 4.69) is 5.32 Å². The van der Waals surface area contributed by atoms with Crippen LogP contribution in [0.25, 0.3) is 0 Å². The normalized spacial score (nSPS) is 26.6. The zero-order chi connectivity index (χ0) is 12.2. The molecule has 2 aliphatic rings. The number of rotatable bonds is 0. The Bertz CT molecular complexity index is 529. The Kier molecular flexibility index (Phi) is 2.16. The smallest absolute Gasteiger partial charge is 0.250 e. The van der Waals surface area contributed by atoms with Gasteiger partial charge in [0.15, 0.2) is 0 Å². The Hall–Kier alpha value is -1.55. The van der Waals surface area contributed by atoms with Crippen LogP contribution >= 0.6 is 11.6 Å². The van der Waals surface area contributed by atoms with Gasteiger partial charge in [-0.05, 0) is 24.6 Å². The minimum atomic E-state index is -0.469. The molecular formula is C12H11ClN2O2. The highest BCUT2D eigenvalue weighted by molar-refractivity contribution is 6.31. The fourth-order valence-electron chi connectivity index (χ4n) is 2.46. The number of carbonyl (C=O) groups is 2. The van der Waals surface area contributed by atoms with Crippen LogP contribution in [-0.4, -0.2) is 23.9 Å². The largest absolute Gasteiger partial charge is 0.343 e. The molecule has 2 atom stereocenters. The number of halogens is 1. The second-order valence-electron chi connectivity index (χ2n) is 4.43. The third kappa shape index (κ3) is 1.44. The Morgan fingerprint density at radius 3 is 2.94 bits per heavy atom. The van der Waals surface area contributed by atoms with E-state index in [9.17, 15) is 9.59 Å². The Morgan fingerprint density at radius 1 is 1.41 bits per heavy atom. The van der Waals surface area contributed by atoms with Crippen molar-refractivity contribution in [3.63, 3.8) is 0 Å². The number of nitrogens with one attached hydrogen (secondary N) is 1. The molecule has 4 nitrogen and oxygen atoms in total. The molecule has 5 heteroatoms. The molecule has 0 unspecified atom stereocenters. The number of nitrogens with zero attached hydrogens (tertiary/aromatic N) is 1. The number of piperazine rings is 1. The van der Waals surface area contributed by atoms with Crippen molar-refractivity contribution in [3.05, 3.63) is 28.8 Å². The number of anilines is 1. The molecule has 0 saturated carbocycles. The van der Waals surface area contributed by atoms with E-state index in [4.69, 9.17) is 11.6 Å². The van der Waals surface area contributed by atoms with Crippen LogP contribution in [0.15, 0.2) is 18.2 Å². The number of amides is 2. The Morgan fingerprint density at radius 2 is 2.18 bits per heavy atom. The number of hydrogen-bond donors (Lipinski definition) is 1. The van der Waals surface area contributed by atoms with Crippen LogP contribution in [0.2, 0.25) is 5.02 Å². The summed E-state index contributed by atoms with van der Waals surface area (Å²) < 4.78 is 0. The lowest BCUT2D eigenvalue weighted by molar-refractivity contribution is -0.133. The maximum absolute atomic E-state index is 12.1. The molecule has 88 valence electrons. The van der Waals surface area contributed by atoms with Gasteiger partial charge in [-0.1, -0.05) is 17.7 Å². The lowest BCUT2D eigenvalue weighted by atomic mass is 10.1. The van der Waals surface area contributed by atoms with E-state index >= 15 is 0 Å². The molecule has 3 rings (SSSR count). The average molecular weight is 251 g/mol. The molecular weight excluding hydrogens is 240 g/mol. The highest BCUT2D eigenvalue weighted by Crippen LogP contribution is 2.36. The Balaban J connectivity index is 2.11. The summed E-state index contributed by atoms with van der Waals surface area (Å²) in [5, 5.41) is 3.27. The predicted molar refractivity (Wildman–Crippen MR) is 64.0 cm³/mol. The summed E-state index contributed by atoms with van der Waals surface area (Å²) in [6.45, 7) is 1.69. The molecule has 1 aromatic rings. The van der Waals surface area contributed by atoms with Gasteiger partial charge in [-0.2, -0.15) is 0 Å². The molecule has 0 bridgehead atoms. The van der Waals surface area contributed by atoms with Crippen LogP contribution in [-0.2, 0) is 16.0 Å². The maximum Gasteiger partial charge on any atom is 0.250 e. The highest BCUT2D eigenvalue weighted by Gasteiger charge is 2.44.